The van der Waals surface area contributed by atoms with Crippen molar-refractivity contribution in [1.29, 1.82) is 0 Å². The summed E-state index contributed by atoms with van der Waals surface area (Å²) in [6, 6.07) is 9.63. The van der Waals surface area contributed by atoms with Gasteiger partial charge in [-0.15, -0.1) is 13.2 Å². The molecule has 2 aliphatic heterocycles. The number of likely N-dealkylation sites (tertiary alicyclic amines) is 1. The maximum atomic E-state index is 14.0. The lowest BCUT2D eigenvalue weighted by Crippen LogP contribution is -2.49. The van der Waals surface area contributed by atoms with Crippen LogP contribution in [-0.4, -0.2) is 75.9 Å². The number of hydrogen-bond acceptors (Lipinski definition) is 11. The molecule has 4 aromatic heterocycles. The molecule has 6 heterocycles. The summed E-state index contributed by atoms with van der Waals surface area (Å²) in [7, 11) is 0. The highest BCUT2D eigenvalue weighted by Gasteiger charge is 2.39. The van der Waals surface area contributed by atoms with E-state index in [1.54, 1.807) is 37.8 Å². The van der Waals surface area contributed by atoms with Gasteiger partial charge in [0.2, 0.25) is 6.41 Å². The van der Waals surface area contributed by atoms with Crippen LogP contribution >= 0.6 is 23.1 Å². The molecule has 2 saturated heterocycles. The number of halogens is 1. The monoisotopic (exact) mass is 693 g/mol. The van der Waals surface area contributed by atoms with Crippen LogP contribution in [0.5, 0.6) is 0 Å². The fourth-order valence-electron chi connectivity index (χ4n) is 5.58. The number of anilines is 2. The Hall–Kier alpha value is -3.75. The van der Waals surface area contributed by atoms with Crippen LogP contribution < -0.4 is 10.6 Å². The zero-order chi connectivity index (χ0) is 34.6. The van der Waals surface area contributed by atoms with Gasteiger partial charge in [0.15, 0.2) is 16.7 Å². The van der Waals surface area contributed by atoms with Crippen molar-refractivity contribution in [2.45, 2.75) is 66.9 Å². The molecular formula is C35H44FN7O3S2. The van der Waals surface area contributed by atoms with E-state index in [9.17, 15) is 9.18 Å². The SMILES string of the molecule is C=C.CC1(C)OCC(CN2CCC(CNC=O)(c3cccnc3)CC2)O1.Cc1ccnc(Nc2ncc(Sc3ccnc(C)c3F)s2)c1. The molecule has 1 atom stereocenters. The molecule has 0 spiro atoms. The van der Waals surface area contributed by atoms with Crippen LogP contribution in [0.15, 0.2) is 83.6 Å². The molecule has 4 aromatic rings. The number of nitrogens with one attached hydrogen (secondary N) is 2. The first-order valence-electron chi connectivity index (χ1n) is 15.7. The van der Waals surface area contributed by atoms with Gasteiger partial charge in [-0.1, -0.05) is 29.2 Å². The Kier molecular flexibility index (Phi) is 13.6. The number of amides is 1. The van der Waals surface area contributed by atoms with Crippen LogP contribution in [0, 0.1) is 19.7 Å². The number of pyridine rings is 3. The van der Waals surface area contributed by atoms with E-state index in [2.05, 4.69) is 54.7 Å². The van der Waals surface area contributed by atoms with Gasteiger partial charge in [0, 0.05) is 43.3 Å². The van der Waals surface area contributed by atoms with Gasteiger partial charge in [0.1, 0.15) is 5.82 Å². The molecule has 6 rings (SSSR count). The maximum Gasteiger partial charge on any atom is 0.207 e. The second kappa shape index (κ2) is 17.6. The van der Waals surface area contributed by atoms with E-state index in [0.29, 0.717) is 23.7 Å². The molecule has 0 bridgehead atoms. The molecule has 256 valence electrons. The number of aryl methyl sites for hydroxylation is 2. The third kappa shape index (κ3) is 10.4. The molecule has 13 heteroatoms. The minimum atomic E-state index is -0.464. The zero-order valence-corrected chi connectivity index (χ0v) is 29.6. The number of hydrogen-bond donors (Lipinski definition) is 2. The number of carbonyl (C=O) groups excluding carboxylic acids is 1. The molecule has 0 radical (unpaired) electrons. The number of piperidine rings is 1. The highest BCUT2D eigenvalue weighted by Crippen LogP contribution is 2.37. The van der Waals surface area contributed by atoms with Crippen molar-refractivity contribution in [2.75, 3.05) is 38.1 Å². The van der Waals surface area contributed by atoms with Crippen molar-refractivity contribution in [3.05, 3.63) is 97.1 Å². The summed E-state index contributed by atoms with van der Waals surface area (Å²) < 4.78 is 26.4. The number of thiazole rings is 1. The smallest absolute Gasteiger partial charge is 0.207 e. The molecule has 1 unspecified atom stereocenters. The van der Waals surface area contributed by atoms with Crippen molar-refractivity contribution >= 4 is 40.5 Å². The average Bonchev–Trinajstić information content (AvgIpc) is 3.68. The summed E-state index contributed by atoms with van der Waals surface area (Å²) in [5.74, 6) is 0.000883. The number of ether oxygens (including phenoxy) is 2. The van der Waals surface area contributed by atoms with Gasteiger partial charge in [-0.3, -0.25) is 14.8 Å². The van der Waals surface area contributed by atoms with Gasteiger partial charge < -0.3 is 25.0 Å². The van der Waals surface area contributed by atoms with Crippen molar-refractivity contribution in [3.8, 4) is 0 Å². The Labute approximate surface area is 290 Å². The van der Waals surface area contributed by atoms with E-state index in [4.69, 9.17) is 9.47 Å². The van der Waals surface area contributed by atoms with E-state index < -0.39 is 5.79 Å². The summed E-state index contributed by atoms with van der Waals surface area (Å²) in [5.41, 5.74) is 2.70. The first-order valence-corrected chi connectivity index (χ1v) is 17.3. The van der Waals surface area contributed by atoms with Crippen LogP contribution in [0.25, 0.3) is 0 Å². The number of carbonyl (C=O) groups is 1. The minimum Gasteiger partial charge on any atom is -0.358 e. The Morgan fingerprint density at radius 3 is 2.54 bits per heavy atom. The number of aromatic nitrogens is 4. The molecular weight excluding hydrogens is 650 g/mol. The van der Waals surface area contributed by atoms with Gasteiger partial charge >= 0.3 is 0 Å². The molecule has 0 saturated carbocycles. The molecule has 1 amide bonds. The molecule has 2 fully saturated rings. The van der Waals surface area contributed by atoms with Gasteiger partial charge in [0.25, 0.3) is 0 Å². The Morgan fingerprint density at radius 2 is 1.88 bits per heavy atom. The van der Waals surface area contributed by atoms with Crippen molar-refractivity contribution in [2.24, 2.45) is 0 Å². The first kappa shape index (κ1) is 37.1. The molecule has 2 aliphatic rings. The van der Waals surface area contributed by atoms with Crippen molar-refractivity contribution in [3.63, 3.8) is 0 Å². The summed E-state index contributed by atoms with van der Waals surface area (Å²) >= 11 is 2.80. The Bertz CT molecular complexity index is 1600. The fraction of sp³-hybridized carbons (Fsp3) is 0.400. The van der Waals surface area contributed by atoms with Gasteiger partial charge in [0.05, 0.1) is 33.7 Å². The van der Waals surface area contributed by atoms with Crippen LogP contribution in [0.3, 0.4) is 0 Å². The van der Waals surface area contributed by atoms with E-state index in [1.165, 1.54) is 28.7 Å². The topological polar surface area (TPSA) is 114 Å². The lowest BCUT2D eigenvalue weighted by molar-refractivity contribution is -0.140. The third-order valence-electron chi connectivity index (χ3n) is 8.01. The molecule has 0 aromatic carbocycles. The first-order chi connectivity index (χ1) is 23.1. The van der Waals surface area contributed by atoms with Crippen molar-refractivity contribution < 1.29 is 18.7 Å². The van der Waals surface area contributed by atoms with E-state index >= 15 is 0 Å². The zero-order valence-electron chi connectivity index (χ0n) is 27.9. The Morgan fingerprint density at radius 1 is 1.10 bits per heavy atom. The summed E-state index contributed by atoms with van der Waals surface area (Å²) in [6.07, 6.45) is 11.7. The normalized spacial score (nSPS) is 18.1. The van der Waals surface area contributed by atoms with E-state index in [-0.39, 0.29) is 17.3 Å². The summed E-state index contributed by atoms with van der Waals surface area (Å²) in [4.78, 5) is 30.5. The maximum absolute atomic E-state index is 14.0. The van der Waals surface area contributed by atoms with Crippen LogP contribution in [0.2, 0.25) is 0 Å². The predicted molar refractivity (Wildman–Crippen MR) is 189 cm³/mol. The number of nitrogens with zero attached hydrogens (tertiary/aromatic N) is 5. The quantitative estimate of drug-likeness (QED) is 0.137. The molecule has 10 nitrogen and oxygen atoms in total. The average molecular weight is 694 g/mol. The second-order valence-electron chi connectivity index (χ2n) is 11.9. The fourth-order valence-corrected chi connectivity index (χ4v) is 7.49. The highest BCUT2D eigenvalue weighted by atomic mass is 32.2. The molecule has 2 N–H and O–H groups in total. The van der Waals surface area contributed by atoms with Gasteiger partial charge in [-0.25, -0.2) is 14.4 Å². The lowest BCUT2D eigenvalue weighted by Gasteiger charge is -2.42. The van der Waals surface area contributed by atoms with Crippen LogP contribution in [0.1, 0.15) is 43.5 Å². The molecule has 0 aliphatic carbocycles. The minimum absolute atomic E-state index is 0.0298. The van der Waals surface area contributed by atoms with E-state index in [0.717, 1.165) is 59.6 Å². The third-order valence-corrected chi connectivity index (χ3v) is 10.1. The van der Waals surface area contributed by atoms with Crippen LogP contribution in [0.4, 0.5) is 15.3 Å². The van der Waals surface area contributed by atoms with Gasteiger partial charge in [-0.2, -0.15) is 0 Å². The van der Waals surface area contributed by atoms with Gasteiger partial charge in [-0.05, 0) is 89.0 Å². The highest BCUT2D eigenvalue weighted by molar-refractivity contribution is 8.01. The van der Waals surface area contributed by atoms with Crippen molar-refractivity contribution in [1.82, 2.24) is 30.2 Å². The number of rotatable bonds is 10. The predicted octanol–water partition coefficient (Wildman–Crippen LogP) is 6.70. The van der Waals surface area contributed by atoms with Crippen LogP contribution in [-0.2, 0) is 19.7 Å². The Balaban J connectivity index is 0.000000207. The largest absolute Gasteiger partial charge is 0.358 e. The van der Waals surface area contributed by atoms with E-state index in [1.807, 2.05) is 45.2 Å². The summed E-state index contributed by atoms with van der Waals surface area (Å²) in [6.45, 7) is 17.8. The second-order valence-corrected chi connectivity index (χ2v) is 14.3. The summed E-state index contributed by atoms with van der Waals surface area (Å²) in [5, 5.41) is 6.77. The molecule has 48 heavy (non-hydrogen) atoms. The standard InChI is InChI=1S/C18H27N3O3.C15H13FN4S2.C2H4/c1-17(2)23-12-16(24-17)11-21-8-5-18(6-9-21,13-20-14-22)15-4-3-7-19-10-15;1-9-3-5-18-12(7-9)20-15-19-8-13(22-15)21-11-4-6-17-10(2)14(11)16;1-2/h3-4,7,10,14,16H,5-6,8-9,11-13H2,1-2H3,(H,20,22);3-8H,1-2H3,(H,18,19,20);1-2H2. The lowest BCUT2D eigenvalue weighted by atomic mass is 9.73.